The molecule has 0 saturated heterocycles. The van der Waals surface area contributed by atoms with Gasteiger partial charge in [0, 0.05) is 25.7 Å². The molecule has 2 aromatic heterocycles. The first-order chi connectivity index (χ1) is 21.7. The van der Waals surface area contributed by atoms with E-state index in [1.807, 2.05) is 31.2 Å². The largest absolute Gasteiger partial charge is 0.458 e. The van der Waals surface area contributed by atoms with Crippen molar-refractivity contribution in [3.8, 4) is 0 Å². The average Bonchev–Trinajstić information content (AvgIpc) is 3.69. The summed E-state index contributed by atoms with van der Waals surface area (Å²) in [4.78, 5) is 47.7. The number of ether oxygens (including phenoxy) is 1. The highest BCUT2D eigenvalue weighted by Gasteiger charge is 2.29. The molecule has 0 spiro atoms. The van der Waals surface area contributed by atoms with Gasteiger partial charge in [-0.3, -0.25) is 9.59 Å². The van der Waals surface area contributed by atoms with Crippen LogP contribution in [0.3, 0.4) is 0 Å². The number of fused-ring (bicyclic) bond motifs is 3. The van der Waals surface area contributed by atoms with Gasteiger partial charge in [-0.1, -0.05) is 36.9 Å². The lowest BCUT2D eigenvalue weighted by Gasteiger charge is -2.26. The smallest absolute Gasteiger partial charge is 0.338 e. The topological polar surface area (TPSA) is 174 Å². The predicted octanol–water partition coefficient (Wildman–Crippen LogP) is 2.02. The average molecular weight is 629 g/mol. The van der Waals surface area contributed by atoms with E-state index in [0.29, 0.717) is 31.5 Å². The number of hydrogen-bond acceptors (Lipinski definition) is 8. The molecule has 2 amide bonds. The van der Waals surface area contributed by atoms with Gasteiger partial charge in [-0.25, -0.2) is 23.4 Å². The Morgan fingerprint density at radius 2 is 2.00 bits per heavy atom. The van der Waals surface area contributed by atoms with Crippen LogP contribution in [0.25, 0.3) is 5.78 Å². The van der Waals surface area contributed by atoms with E-state index in [0.717, 1.165) is 39.8 Å². The van der Waals surface area contributed by atoms with E-state index in [1.165, 1.54) is 23.0 Å². The molecule has 232 valence electrons. The second-order valence-corrected chi connectivity index (χ2v) is 12.0. The number of nitrogens with one attached hydrogen (secondary N) is 2. The molecule has 2 aliphatic rings. The van der Waals surface area contributed by atoms with Gasteiger partial charge in [0.25, 0.3) is 17.6 Å². The molecule has 13 nitrogen and oxygen atoms in total. The van der Waals surface area contributed by atoms with Gasteiger partial charge >= 0.3 is 5.97 Å². The third-order valence-electron chi connectivity index (χ3n) is 8.22. The lowest BCUT2D eigenvalue weighted by molar-refractivity contribution is 0.0548. The first kappa shape index (κ1) is 30.2. The van der Waals surface area contributed by atoms with Gasteiger partial charge in [-0.2, -0.15) is 14.6 Å². The summed E-state index contributed by atoms with van der Waals surface area (Å²) in [6, 6.07) is 10.6. The zero-order chi connectivity index (χ0) is 31.7. The minimum Gasteiger partial charge on any atom is -0.458 e. The van der Waals surface area contributed by atoms with Crippen molar-refractivity contribution >= 4 is 34.7 Å². The van der Waals surface area contributed by atoms with Crippen molar-refractivity contribution in [2.45, 2.75) is 45.3 Å². The molecule has 1 unspecified atom stereocenters. The summed E-state index contributed by atoms with van der Waals surface area (Å²) >= 11 is -1.54. The number of amides is 2. The normalized spacial score (nSPS) is 16.4. The van der Waals surface area contributed by atoms with Crippen molar-refractivity contribution < 1.29 is 23.3 Å². The number of esters is 1. The summed E-state index contributed by atoms with van der Waals surface area (Å²) < 4.78 is 19.9. The highest BCUT2D eigenvalue weighted by atomic mass is 32.2. The minimum atomic E-state index is -1.54. The maximum Gasteiger partial charge on any atom is 0.338 e. The first-order valence-corrected chi connectivity index (χ1v) is 15.6. The second-order valence-electron chi connectivity index (χ2n) is 10.9. The Morgan fingerprint density at radius 1 is 1.16 bits per heavy atom. The molecular weight excluding hydrogens is 596 g/mol. The fraction of sp³-hybridized carbons (Fsp3) is 0.290. The lowest BCUT2D eigenvalue weighted by atomic mass is 9.98. The Bertz CT molecular complexity index is 1870. The Labute approximate surface area is 261 Å². The summed E-state index contributed by atoms with van der Waals surface area (Å²) in [5.74, 6) is -1.22. The Morgan fingerprint density at radius 3 is 2.80 bits per heavy atom. The van der Waals surface area contributed by atoms with E-state index in [9.17, 15) is 18.6 Å². The molecular formula is C31H32N8O5S. The molecule has 14 heteroatoms. The van der Waals surface area contributed by atoms with Gasteiger partial charge in [0.2, 0.25) is 0 Å². The van der Waals surface area contributed by atoms with Crippen LogP contribution in [0.2, 0.25) is 0 Å². The first-order valence-electron chi connectivity index (χ1n) is 14.5. The van der Waals surface area contributed by atoms with Crippen molar-refractivity contribution in [3.63, 3.8) is 0 Å². The van der Waals surface area contributed by atoms with Crippen molar-refractivity contribution in [2.24, 2.45) is 5.14 Å². The van der Waals surface area contributed by atoms with E-state index in [2.05, 4.69) is 32.3 Å². The second kappa shape index (κ2) is 12.7. The SMILES string of the molecule is C=CCOC(=O)c1ccc2c(c1C)CC[C@@H]2NC(=O)c1cc(C(=O)NCc2ccc3c(c2)CN(S(N)=O)CC3)nc2ncnn12. The van der Waals surface area contributed by atoms with E-state index in [4.69, 9.17) is 9.88 Å². The monoisotopic (exact) mass is 628 g/mol. The number of nitrogens with zero attached hydrogens (tertiary/aromatic N) is 5. The molecule has 0 saturated carbocycles. The van der Waals surface area contributed by atoms with Crippen LogP contribution >= 0.6 is 0 Å². The molecule has 6 rings (SSSR count). The summed E-state index contributed by atoms with van der Waals surface area (Å²) in [6.07, 6.45) is 4.86. The molecule has 3 heterocycles. The molecule has 45 heavy (non-hydrogen) atoms. The van der Waals surface area contributed by atoms with Crippen LogP contribution in [-0.2, 0) is 41.8 Å². The van der Waals surface area contributed by atoms with Crippen LogP contribution in [0.15, 0.2) is 55.4 Å². The van der Waals surface area contributed by atoms with Gasteiger partial charge in [-0.05, 0) is 65.6 Å². The third-order valence-corrected chi connectivity index (χ3v) is 9.04. The predicted molar refractivity (Wildman–Crippen MR) is 165 cm³/mol. The van der Waals surface area contributed by atoms with Gasteiger partial charge in [-0.15, -0.1) is 0 Å². The highest BCUT2D eigenvalue weighted by Crippen LogP contribution is 2.35. The number of aromatic nitrogens is 4. The lowest BCUT2D eigenvalue weighted by Crippen LogP contribution is -2.35. The number of benzene rings is 2. The van der Waals surface area contributed by atoms with Crippen LogP contribution in [0.5, 0.6) is 0 Å². The van der Waals surface area contributed by atoms with E-state index >= 15 is 0 Å². The number of carbonyl (C=O) groups excluding carboxylic acids is 3. The summed E-state index contributed by atoms with van der Waals surface area (Å²) in [5.41, 5.74) is 6.41. The minimum absolute atomic E-state index is 0.0219. The molecule has 0 bridgehead atoms. The van der Waals surface area contributed by atoms with Crippen LogP contribution in [-0.4, -0.2) is 59.0 Å². The molecule has 4 aromatic rings. The number of rotatable bonds is 9. The number of carbonyl (C=O) groups is 3. The maximum atomic E-state index is 13.6. The quantitative estimate of drug-likeness (QED) is 0.186. The molecule has 2 atom stereocenters. The van der Waals surface area contributed by atoms with Crippen molar-refractivity contribution in [1.29, 1.82) is 0 Å². The van der Waals surface area contributed by atoms with Gasteiger partial charge in [0.1, 0.15) is 24.3 Å². The third kappa shape index (κ3) is 6.12. The number of nitrogens with two attached hydrogens (primary N) is 1. The van der Waals surface area contributed by atoms with E-state index in [-0.39, 0.29) is 36.4 Å². The van der Waals surface area contributed by atoms with Crippen molar-refractivity contribution in [1.82, 2.24) is 34.5 Å². The van der Waals surface area contributed by atoms with Crippen LogP contribution in [0.1, 0.15) is 77.2 Å². The Kier molecular flexibility index (Phi) is 8.52. The Hall–Kier alpha value is -4.79. The van der Waals surface area contributed by atoms with Crippen LogP contribution in [0.4, 0.5) is 0 Å². The zero-order valence-electron chi connectivity index (χ0n) is 24.6. The van der Waals surface area contributed by atoms with Crippen molar-refractivity contribution in [3.05, 3.63) is 106 Å². The van der Waals surface area contributed by atoms with Gasteiger partial charge in [0.05, 0.1) is 11.6 Å². The fourth-order valence-corrected chi connectivity index (χ4v) is 6.44. The number of hydrogen-bond donors (Lipinski definition) is 3. The standard InChI is InChI=1S/C31H32N8O5S/c1-3-12-44-30(42)23-6-7-24-22(18(23)2)8-9-25(24)36-29(41)27-14-26(37-31-34-17-35-39(27)31)28(40)33-15-19-4-5-20-10-11-38(45(32)43)16-21(20)13-19/h3-7,13-14,17,25H,1,8-12,15-16,32H2,2H3,(H,33,40)(H,36,41)/t25-,45?/m0/s1. The van der Waals surface area contributed by atoms with Gasteiger partial charge in [0.15, 0.2) is 11.2 Å². The molecule has 0 radical (unpaired) electrons. The summed E-state index contributed by atoms with van der Waals surface area (Å²) in [6.45, 7) is 6.90. The maximum absolute atomic E-state index is 13.6. The zero-order valence-corrected chi connectivity index (χ0v) is 25.4. The molecule has 0 fully saturated rings. The van der Waals surface area contributed by atoms with Crippen LogP contribution < -0.4 is 15.8 Å². The van der Waals surface area contributed by atoms with E-state index < -0.39 is 29.0 Å². The fourth-order valence-electron chi connectivity index (χ4n) is 5.91. The van der Waals surface area contributed by atoms with Gasteiger partial charge < -0.3 is 15.4 Å². The molecule has 2 aromatic carbocycles. The summed E-state index contributed by atoms with van der Waals surface area (Å²) in [5, 5.41) is 15.6. The molecule has 4 N–H and O–H groups in total. The van der Waals surface area contributed by atoms with Crippen LogP contribution in [0, 0.1) is 6.92 Å². The summed E-state index contributed by atoms with van der Waals surface area (Å²) in [7, 11) is 0. The van der Waals surface area contributed by atoms with E-state index in [1.54, 1.807) is 10.4 Å². The highest BCUT2D eigenvalue weighted by molar-refractivity contribution is 7.80. The Balaban J connectivity index is 1.17. The molecule has 1 aliphatic carbocycles. The van der Waals surface area contributed by atoms with Crippen molar-refractivity contribution in [2.75, 3.05) is 13.2 Å². The molecule has 1 aliphatic heterocycles.